The highest BCUT2D eigenvalue weighted by molar-refractivity contribution is 6.39. The largest absolute Gasteiger partial charge is 0.460 e. The summed E-state index contributed by atoms with van der Waals surface area (Å²) in [6.45, 7) is 23.9. The number of aromatic nitrogens is 4. The van der Waals surface area contributed by atoms with Crippen molar-refractivity contribution in [3.63, 3.8) is 0 Å². The Balaban J connectivity index is 0.846. The number of aliphatic hydroxyl groups is 2. The second kappa shape index (κ2) is 38.7. The van der Waals surface area contributed by atoms with E-state index in [-0.39, 0.29) is 55.1 Å². The molecule has 1 saturated carbocycles. The van der Waals surface area contributed by atoms with Crippen LogP contribution in [0.3, 0.4) is 0 Å². The fourth-order valence-electron chi connectivity index (χ4n) is 14.7. The lowest BCUT2D eigenvalue weighted by Gasteiger charge is -2.42. The molecule has 0 spiro atoms. The monoisotopic (exact) mass is 1410 g/mol. The quantitative estimate of drug-likeness (QED) is 0.0451. The predicted molar refractivity (Wildman–Crippen MR) is 378 cm³/mol. The van der Waals surface area contributed by atoms with E-state index in [0.29, 0.717) is 106 Å². The highest BCUT2D eigenvalue weighted by Gasteiger charge is 2.53. The fourth-order valence-corrected chi connectivity index (χ4v) is 14.7. The van der Waals surface area contributed by atoms with Gasteiger partial charge in [0.25, 0.3) is 11.7 Å². The van der Waals surface area contributed by atoms with Gasteiger partial charge in [-0.15, -0.1) is 0 Å². The normalized spacial score (nSPS) is 31.5. The molecular formula is C75H112N10O16. The van der Waals surface area contributed by atoms with E-state index < -0.39 is 102 Å². The molecule has 101 heavy (non-hydrogen) atoms. The third-order valence-electron chi connectivity index (χ3n) is 21.3. The standard InChI is InChI=1S/C75H112N10O16/c1-48-17-13-12-14-18-49(2)63(95-9)41-59-22-20-54(7)75(94,101-59)69(90)70(91)85-24-16-15-19-60(85)71(92)99-64(42-61(87)50(3)38-53(6)67(89)68(97-11)66(88)52(5)37-48)51(4)39-56-21-23-62(65(40-56)96-10)100-74(93)80-45-57-43-76-72(77-44-57)83-29-25-81(26-30-83)33-35-98-36-34-82-27-31-84(32-28-82)73-78-46-58(47-79-73)55(8)86/h12-14,17-18,38,43-44,46-48,50-52,54,56,59-60,62-65,67-68,89,94H,15-16,19-37,39-42,45H2,1-11H3,(H,80,93)/b14-12?,17-13+,49-18?,53-38+/t48-,50-,51-,52-,54-,56+,59+,60+,62-,63+,64+,65-,67-,68+,75-/m1/s1. The van der Waals surface area contributed by atoms with Crippen LogP contribution in [0.15, 0.2) is 72.4 Å². The van der Waals surface area contributed by atoms with Gasteiger partial charge in [-0.25, -0.2) is 29.5 Å². The summed E-state index contributed by atoms with van der Waals surface area (Å²) in [6, 6.07) is -1.20. The summed E-state index contributed by atoms with van der Waals surface area (Å²) in [5, 5.41) is 26.6. The summed E-state index contributed by atoms with van der Waals surface area (Å²) in [5.41, 5.74) is 2.43. The number of amides is 2. The van der Waals surface area contributed by atoms with Gasteiger partial charge >= 0.3 is 12.1 Å². The van der Waals surface area contributed by atoms with Crippen molar-refractivity contribution in [1.82, 2.24) is 40.0 Å². The van der Waals surface area contributed by atoms with Crippen molar-refractivity contribution in [2.24, 2.45) is 35.5 Å². The van der Waals surface area contributed by atoms with E-state index in [1.54, 1.807) is 65.9 Å². The number of esters is 1. The third kappa shape index (κ3) is 22.4. The van der Waals surface area contributed by atoms with E-state index in [4.69, 9.17) is 33.2 Å². The molecule has 26 nitrogen and oxygen atoms in total. The Morgan fingerprint density at radius 3 is 1.99 bits per heavy atom. The molecule has 2 bridgehead atoms. The Morgan fingerprint density at radius 1 is 0.733 bits per heavy atom. The fraction of sp³-hybridized carbons (Fsp3) is 0.693. The summed E-state index contributed by atoms with van der Waals surface area (Å²) in [6.07, 6.45) is 16.1. The van der Waals surface area contributed by atoms with Crippen LogP contribution < -0.4 is 15.1 Å². The van der Waals surface area contributed by atoms with Crippen molar-refractivity contribution in [3.8, 4) is 0 Å². The number of cyclic esters (lactones) is 1. The molecule has 558 valence electrons. The molecule has 4 saturated heterocycles. The van der Waals surface area contributed by atoms with Gasteiger partial charge in [-0.2, -0.15) is 0 Å². The van der Waals surface area contributed by atoms with Crippen molar-refractivity contribution >= 4 is 53.0 Å². The molecule has 7 heterocycles. The van der Waals surface area contributed by atoms with Crippen LogP contribution in [0.1, 0.15) is 148 Å². The van der Waals surface area contributed by atoms with E-state index >= 15 is 0 Å². The first-order chi connectivity index (χ1) is 48.4. The zero-order chi connectivity index (χ0) is 72.9. The number of rotatable bonds is 18. The van der Waals surface area contributed by atoms with Crippen molar-refractivity contribution in [3.05, 3.63) is 83.5 Å². The Morgan fingerprint density at radius 2 is 1.38 bits per heavy atom. The van der Waals surface area contributed by atoms with Crippen molar-refractivity contribution in [2.45, 2.75) is 194 Å². The summed E-state index contributed by atoms with van der Waals surface area (Å²) in [4.78, 5) is 125. The molecule has 26 heteroatoms. The molecule has 0 unspecified atom stereocenters. The number of aliphatic hydroxyl groups excluding tert-OH is 1. The van der Waals surface area contributed by atoms with Gasteiger partial charge in [0.1, 0.15) is 36.2 Å². The Hall–Kier alpha value is -6.75. The maximum atomic E-state index is 14.8. The first kappa shape index (κ1) is 79.9. The van der Waals surface area contributed by atoms with Crippen LogP contribution in [0.5, 0.6) is 0 Å². The number of nitrogens with zero attached hydrogens (tertiary/aromatic N) is 9. The maximum absolute atomic E-state index is 14.8. The maximum Gasteiger partial charge on any atom is 0.407 e. The molecule has 5 fully saturated rings. The Labute approximate surface area is 596 Å². The van der Waals surface area contributed by atoms with Gasteiger partial charge < -0.3 is 63.4 Å². The van der Waals surface area contributed by atoms with Crippen molar-refractivity contribution in [1.29, 1.82) is 0 Å². The number of Topliss-reactive ketones (excluding diaryl/α,β-unsaturated/α-hetero) is 4. The highest BCUT2D eigenvalue weighted by Crippen LogP contribution is 2.38. The number of allylic oxidation sites excluding steroid dienone is 6. The van der Waals surface area contributed by atoms with E-state index in [0.717, 1.165) is 71.0 Å². The number of carbonyl (C=O) groups is 7. The number of ketones is 4. The second-order valence-corrected chi connectivity index (χ2v) is 28.8. The van der Waals surface area contributed by atoms with Gasteiger partial charge in [0, 0.05) is 161 Å². The number of carbonyl (C=O) groups excluding carboxylic acids is 7. The minimum absolute atomic E-state index is 0.0121. The molecule has 15 atom stereocenters. The molecule has 2 aromatic rings. The zero-order valence-electron chi connectivity index (χ0n) is 61.4. The van der Waals surface area contributed by atoms with Crippen LogP contribution >= 0.6 is 0 Å². The summed E-state index contributed by atoms with van der Waals surface area (Å²) < 4.78 is 42.2. The highest BCUT2D eigenvalue weighted by atomic mass is 16.6. The van der Waals surface area contributed by atoms with Crippen LogP contribution in [0.25, 0.3) is 0 Å². The van der Waals surface area contributed by atoms with Crippen LogP contribution in [0, 0.1) is 35.5 Å². The number of alkyl carbamates (subject to hydrolysis) is 1. The summed E-state index contributed by atoms with van der Waals surface area (Å²) in [5.74, 6) is -7.36. The summed E-state index contributed by atoms with van der Waals surface area (Å²) >= 11 is 0. The number of methoxy groups -OCH3 is 3. The smallest absolute Gasteiger partial charge is 0.407 e. The number of fused-ring (bicyclic) bond motifs is 3. The van der Waals surface area contributed by atoms with Crippen LogP contribution in [0.2, 0.25) is 0 Å². The number of anilines is 2. The van der Waals surface area contributed by atoms with Gasteiger partial charge in [0.05, 0.1) is 37.1 Å². The molecule has 3 N–H and O–H groups in total. The molecule has 0 aromatic carbocycles. The van der Waals surface area contributed by atoms with Crippen molar-refractivity contribution in [2.75, 3.05) is 116 Å². The number of ether oxygens (including phenoxy) is 7. The lowest BCUT2D eigenvalue weighted by atomic mass is 9.78. The molecule has 1 aliphatic carbocycles. The minimum atomic E-state index is -2.48. The van der Waals surface area contributed by atoms with Crippen molar-refractivity contribution < 1.29 is 76.9 Å². The lowest BCUT2D eigenvalue weighted by Crippen LogP contribution is -2.61. The topological polar surface area (TPSA) is 304 Å². The van der Waals surface area contributed by atoms with E-state index in [1.807, 2.05) is 58.1 Å². The molecule has 2 aromatic heterocycles. The predicted octanol–water partition coefficient (Wildman–Crippen LogP) is 6.86. The number of piperazine rings is 2. The van der Waals surface area contributed by atoms with Gasteiger partial charge in [-0.05, 0) is 114 Å². The van der Waals surface area contributed by atoms with E-state index in [2.05, 4.69) is 44.9 Å². The second-order valence-electron chi connectivity index (χ2n) is 28.8. The first-order valence-electron chi connectivity index (χ1n) is 36.5. The summed E-state index contributed by atoms with van der Waals surface area (Å²) in [7, 11) is 4.51. The van der Waals surface area contributed by atoms with Crippen LogP contribution in [-0.4, -0.2) is 247 Å². The molecule has 0 radical (unpaired) electrons. The molecule has 2 amide bonds. The average molecular weight is 1410 g/mol. The SMILES string of the molecule is CO[C@H]1C[C@@H]2CC[C@@H](C)[C@@](O)(O2)C(=O)C(=O)N2CCCC[C@H]2C(=O)O[C@H]([C@H](C)C[C@@H]2CC[C@@H](OC(=O)NCc3cnc(N4CCN(CCOCCN5CCN(c6ncc(C(C)=O)cn6)CC5)CC4)nc3)[C@H](OC)C2)CC(=O)[C@H](C)/C=C(\C)[C@@H](O)[C@@H](OC)C(=O)[C@H](C)C[C@H](C)/C=C/C=CC=C1C. The number of hydrogen-bond donors (Lipinski definition) is 3. The number of hydrogen-bond acceptors (Lipinski definition) is 24. The van der Waals surface area contributed by atoms with Gasteiger partial charge in [0.15, 0.2) is 11.6 Å². The number of piperidine rings is 1. The van der Waals surface area contributed by atoms with E-state index in [1.165, 1.54) is 18.9 Å². The molecule has 5 aliphatic heterocycles. The minimum Gasteiger partial charge on any atom is -0.460 e. The Bertz CT molecular complexity index is 3190. The van der Waals surface area contributed by atoms with Crippen LogP contribution in [-0.2, 0) is 63.7 Å². The molecule has 6 aliphatic rings. The first-order valence-corrected chi connectivity index (χ1v) is 36.5. The Kier molecular flexibility index (Phi) is 30.6. The van der Waals surface area contributed by atoms with Gasteiger partial charge in [-0.3, -0.25) is 33.8 Å². The lowest BCUT2D eigenvalue weighted by molar-refractivity contribution is -0.265. The van der Waals surface area contributed by atoms with Crippen LogP contribution in [0.4, 0.5) is 16.7 Å². The third-order valence-corrected chi connectivity index (χ3v) is 21.3. The molecular weight excluding hydrogens is 1300 g/mol. The number of nitrogens with one attached hydrogen (secondary N) is 1. The molecule has 8 rings (SSSR count). The van der Waals surface area contributed by atoms with Gasteiger partial charge in [-0.1, -0.05) is 71.1 Å². The average Bonchev–Trinajstić information content (AvgIpc) is 0.779. The van der Waals surface area contributed by atoms with Gasteiger partial charge in [0.2, 0.25) is 17.7 Å². The van der Waals surface area contributed by atoms with E-state index in [9.17, 15) is 43.8 Å². The zero-order valence-corrected chi connectivity index (χ0v) is 61.4.